The number of alkyl halides is 3. The van der Waals surface area contributed by atoms with Crippen molar-refractivity contribution < 1.29 is 21.6 Å². The van der Waals surface area contributed by atoms with Crippen LogP contribution in [0.25, 0.3) is 0 Å². The highest BCUT2D eigenvalue weighted by Gasteiger charge is 2.36. The molecule has 6 nitrogen and oxygen atoms in total. The van der Waals surface area contributed by atoms with Crippen LogP contribution in [0.5, 0.6) is 0 Å². The maximum atomic E-state index is 13.0. The number of rotatable bonds is 3. The van der Waals surface area contributed by atoms with Gasteiger partial charge in [0.25, 0.3) is 10.2 Å². The lowest BCUT2D eigenvalue weighted by atomic mass is 10.1. The van der Waals surface area contributed by atoms with Gasteiger partial charge in [-0.1, -0.05) is 18.0 Å². The Bertz CT molecular complexity index is 806. The summed E-state index contributed by atoms with van der Waals surface area (Å²) in [4.78, 5) is 5.64. The molecule has 2 saturated heterocycles. The zero-order valence-corrected chi connectivity index (χ0v) is 17.2. The summed E-state index contributed by atoms with van der Waals surface area (Å²) in [6.07, 6.45) is -0.474. The average Bonchev–Trinajstić information content (AvgIpc) is 2.87. The minimum absolute atomic E-state index is 0.0240. The predicted molar refractivity (Wildman–Crippen MR) is 102 cm³/mol. The third-order valence-electron chi connectivity index (χ3n) is 5.27. The highest BCUT2D eigenvalue weighted by molar-refractivity contribution is 7.86. The van der Waals surface area contributed by atoms with E-state index in [9.17, 15) is 21.6 Å². The van der Waals surface area contributed by atoms with E-state index in [-0.39, 0.29) is 23.4 Å². The van der Waals surface area contributed by atoms with E-state index in [1.807, 2.05) is 6.92 Å². The smallest absolute Gasteiger partial charge is 0.354 e. The van der Waals surface area contributed by atoms with Gasteiger partial charge >= 0.3 is 6.18 Å². The Balaban J connectivity index is 1.73. The van der Waals surface area contributed by atoms with Gasteiger partial charge in [-0.15, -0.1) is 0 Å². The number of hydrogen-bond acceptors (Lipinski definition) is 4. The van der Waals surface area contributed by atoms with Crippen LogP contribution in [0, 0.1) is 0 Å². The molecule has 0 amide bonds. The summed E-state index contributed by atoms with van der Waals surface area (Å²) in [6, 6.07) is 0.836. The van der Waals surface area contributed by atoms with Crippen molar-refractivity contribution in [2.45, 2.75) is 44.8 Å². The van der Waals surface area contributed by atoms with Crippen molar-refractivity contribution in [2.75, 3.05) is 37.6 Å². The topological polar surface area (TPSA) is 56.8 Å². The van der Waals surface area contributed by atoms with Gasteiger partial charge in [-0.05, 0) is 32.3 Å². The van der Waals surface area contributed by atoms with E-state index in [2.05, 4.69) is 4.98 Å². The fourth-order valence-electron chi connectivity index (χ4n) is 3.72. The van der Waals surface area contributed by atoms with Gasteiger partial charge in [0.05, 0.1) is 10.6 Å². The number of aromatic nitrogens is 1. The van der Waals surface area contributed by atoms with Crippen LogP contribution in [0.1, 0.15) is 38.2 Å². The lowest BCUT2D eigenvalue weighted by molar-refractivity contribution is -0.137. The lowest BCUT2D eigenvalue weighted by Crippen LogP contribution is -2.50. The van der Waals surface area contributed by atoms with Gasteiger partial charge in [0.2, 0.25) is 0 Å². The van der Waals surface area contributed by atoms with Crippen LogP contribution in [0.15, 0.2) is 12.3 Å². The van der Waals surface area contributed by atoms with Crippen molar-refractivity contribution in [3.05, 3.63) is 22.8 Å². The normalized spacial score (nSPS) is 23.6. The predicted octanol–water partition coefficient (Wildman–Crippen LogP) is 3.39. The molecular formula is C17H24ClF3N4O2S. The molecule has 3 heterocycles. The molecule has 3 rings (SSSR count). The van der Waals surface area contributed by atoms with Gasteiger partial charge < -0.3 is 4.90 Å². The molecule has 1 atom stereocenters. The Morgan fingerprint density at radius 3 is 2.50 bits per heavy atom. The molecule has 0 aromatic carbocycles. The molecule has 1 aromatic rings. The van der Waals surface area contributed by atoms with Crippen molar-refractivity contribution in [2.24, 2.45) is 0 Å². The van der Waals surface area contributed by atoms with Gasteiger partial charge in [-0.3, -0.25) is 0 Å². The monoisotopic (exact) mass is 440 g/mol. The Morgan fingerprint density at radius 2 is 1.86 bits per heavy atom. The van der Waals surface area contributed by atoms with Crippen LogP contribution in [-0.2, 0) is 16.4 Å². The van der Waals surface area contributed by atoms with E-state index in [1.165, 1.54) is 4.31 Å². The van der Waals surface area contributed by atoms with Crippen LogP contribution in [0.2, 0.25) is 5.02 Å². The first-order valence-corrected chi connectivity index (χ1v) is 11.1. The summed E-state index contributed by atoms with van der Waals surface area (Å²) in [5, 5.41) is -0.0872. The number of piperidine rings is 1. The van der Waals surface area contributed by atoms with Crippen molar-refractivity contribution in [1.82, 2.24) is 13.6 Å². The third kappa shape index (κ3) is 4.55. The van der Waals surface area contributed by atoms with E-state index < -0.39 is 21.9 Å². The number of halogens is 4. The second kappa shape index (κ2) is 8.33. The first kappa shape index (κ1) is 21.6. The molecule has 28 heavy (non-hydrogen) atoms. The van der Waals surface area contributed by atoms with Crippen LogP contribution in [-0.4, -0.2) is 60.8 Å². The molecule has 0 radical (unpaired) electrons. The molecule has 0 N–H and O–H groups in total. The van der Waals surface area contributed by atoms with E-state index in [4.69, 9.17) is 11.6 Å². The molecule has 2 aliphatic rings. The summed E-state index contributed by atoms with van der Waals surface area (Å²) in [6.45, 7) is 3.84. The van der Waals surface area contributed by atoms with Crippen molar-refractivity contribution >= 4 is 27.6 Å². The molecule has 158 valence electrons. The molecule has 11 heteroatoms. The highest BCUT2D eigenvalue weighted by Crippen LogP contribution is 2.34. The van der Waals surface area contributed by atoms with Gasteiger partial charge in [0, 0.05) is 45.0 Å². The Labute approximate surface area is 168 Å². The second-order valence-electron chi connectivity index (χ2n) is 7.23. The van der Waals surface area contributed by atoms with Gasteiger partial charge in [0.15, 0.2) is 0 Å². The molecule has 0 spiro atoms. The fraction of sp³-hybridized carbons (Fsp3) is 0.706. The summed E-state index contributed by atoms with van der Waals surface area (Å²) < 4.78 is 67.5. The Morgan fingerprint density at radius 1 is 1.11 bits per heavy atom. The van der Waals surface area contributed by atoms with E-state index in [0.29, 0.717) is 32.6 Å². The van der Waals surface area contributed by atoms with Crippen molar-refractivity contribution in [1.29, 1.82) is 0 Å². The average molecular weight is 441 g/mol. The van der Waals surface area contributed by atoms with Crippen LogP contribution in [0.3, 0.4) is 0 Å². The third-order valence-corrected chi connectivity index (χ3v) is 7.70. The molecule has 0 saturated carbocycles. The molecular weight excluding hydrogens is 417 g/mol. The maximum absolute atomic E-state index is 13.0. The molecule has 0 aliphatic carbocycles. The van der Waals surface area contributed by atoms with Crippen LogP contribution in [0.4, 0.5) is 19.0 Å². The SMILES string of the molecule is CC1CCCCN1S(=O)(=O)N1CCCN(c2ncc(C(F)(F)F)cc2Cl)CC1. The molecule has 1 aromatic heterocycles. The summed E-state index contributed by atoms with van der Waals surface area (Å²) >= 11 is 6.04. The van der Waals surface area contributed by atoms with E-state index in [1.54, 1.807) is 9.21 Å². The zero-order chi connectivity index (χ0) is 20.5. The van der Waals surface area contributed by atoms with Crippen LogP contribution >= 0.6 is 11.6 Å². The quantitative estimate of drug-likeness (QED) is 0.723. The number of nitrogens with zero attached hydrogens (tertiary/aromatic N) is 4. The molecule has 0 bridgehead atoms. The van der Waals surface area contributed by atoms with Crippen molar-refractivity contribution in [3.8, 4) is 0 Å². The largest absolute Gasteiger partial charge is 0.417 e. The first-order chi connectivity index (χ1) is 13.1. The van der Waals surface area contributed by atoms with Crippen LogP contribution < -0.4 is 4.90 Å². The Kier molecular flexibility index (Phi) is 6.43. The molecule has 2 fully saturated rings. The number of pyridine rings is 1. The standard InChI is InChI=1S/C17H24ClF3N4O2S/c1-13-5-2-3-8-25(13)28(26,27)24-7-4-6-23(9-10-24)16-15(18)11-14(12-22-16)17(19,20)21/h11-13H,2-10H2,1H3. The van der Waals surface area contributed by atoms with Crippen molar-refractivity contribution in [3.63, 3.8) is 0 Å². The van der Waals surface area contributed by atoms with Gasteiger partial charge in [-0.2, -0.15) is 30.2 Å². The maximum Gasteiger partial charge on any atom is 0.417 e. The van der Waals surface area contributed by atoms with Gasteiger partial charge in [-0.25, -0.2) is 4.98 Å². The molecule has 1 unspecified atom stereocenters. The number of anilines is 1. The highest BCUT2D eigenvalue weighted by atomic mass is 35.5. The molecule has 2 aliphatic heterocycles. The minimum Gasteiger partial charge on any atom is -0.354 e. The zero-order valence-electron chi connectivity index (χ0n) is 15.6. The summed E-state index contributed by atoms with van der Waals surface area (Å²) in [5.41, 5.74) is -0.903. The summed E-state index contributed by atoms with van der Waals surface area (Å²) in [7, 11) is -3.56. The second-order valence-corrected chi connectivity index (χ2v) is 9.52. The fourth-order valence-corrected chi connectivity index (χ4v) is 5.89. The van der Waals surface area contributed by atoms with E-state index >= 15 is 0 Å². The lowest BCUT2D eigenvalue weighted by Gasteiger charge is -2.36. The van der Waals surface area contributed by atoms with Gasteiger partial charge in [0.1, 0.15) is 5.82 Å². The minimum atomic E-state index is -4.51. The Hall–Kier alpha value is -1.10. The first-order valence-electron chi connectivity index (χ1n) is 9.35. The summed E-state index contributed by atoms with van der Waals surface area (Å²) in [5.74, 6) is 0.250. The van der Waals surface area contributed by atoms with E-state index in [0.717, 1.165) is 31.5 Å². The number of hydrogen-bond donors (Lipinski definition) is 0.